The van der Waals surface area contributed by atoms with Crippen molar-refractivity contribution in [2.45, 2.75) is 6.54 Å². The molecule has 2 nitrogen and oxygen atoms in total. The molecule has 1 aromatic rings. The molecule has 0 spiro atoms. The summed E-state index contributed by atoms with van der Waals surface area (Å²) in [5.74, 6) is 2.78. The van der Waals surface area contributed by atoms with Gasteiger partial charge in [-0.25, -0.2) is 0 Å². The average Bonchev–Trinajstić information content (AvgIpc) is 2.09. The third-order valence-corrected chi connectivity index (χ3v) is 1.49. The summed E-state index contributed by atoms with van der Waals surface area (Å²) in [6.07, 6.45) is 5.06. The first-order chi connectivity index (χ1) is 5.83. The summed E-state index contributed by atoms with van der Waals surface area (Å²) in [5, 5.41) is 12.0. The van der Waals surface area contributed by atoms with E-state index in [4.69, 9.17) is 11.5 Å². The fourth-order valence-corrected chi connectivity index (χ4v) is 0.893. The quantitative estimate of drug-likeness (QED) is 0.514. The van der Waals surface area contributed by atoms with E-state index >= 15 is 0 Å². The molecule has 2 heteroatoms. The Morgan fingerprint density at radius 3 is 2.58 bits per heavy atom. The summed E-state index contributed by atoms with van der Waals surface area (Å²) in [5.41, 5.74) is 1.11. The van der Waals surface area contributed by atoms with Crippen LogP contribution in [0.1, 0.15) is 5.56 Å². The largest absolute Gasteiger partial charge is 0.508 e. The van der Waals surface area contributed by atoms with Crippen molar-refractivity contribution in [1.29, 1.82) is 0 Å². The smallest absolute Gasteiger partial charge is 0.115 e. The van der Waals surface area contributed by atoms with Gasteiger partial charge in [-0.15, -0.1) is 6.42 Å². The molecule has 0 saturated carbocycles. The SMILES string of the molecule is C#CCNCc1ccc(O)cc1. The molecule has 1 aromatic carbocycles. The second-order valence-corrected chi connectivity index (χ2v) is 2.47. The third kappa shape index (κ3) is 2.65. The lowest BCUT2D eigenvalue weighted by molar-refractivity contribution is 0.475. The standard InChI is InChI=1S/C10H11NO/c1-2-7-11-8-9-3-5-10(12)6-4-9/h1,3-6,11-12H,7-8H2. The molecule has 0 unspecified atom stereocenters. The second kappa shape index (κ2) is 4.42. The van der Waals surface area contributed by atoms with E-state index in [1.165, 1.54) is 0 Å². The molecule has 0 bridgehead atoms. The summed E-state index contributed by atoms with van der Waals surface area (Å²) in [4.78, 5) is 0. The van der Waals surface area contributed by atoms with Crippen molar-refractivity contribution in [2.24, 2.45) is 0 Å². The summed E-state index contributed by atoms with van der Waals surface area (Å²) < 4.78 is 0. The van der Waals surface area contributed by atoms with E-state index in [-0.39, 0.29) is 5.75 Å². The molecule has 0 saturated heterocycles. The van der Waals surface area contributed by atoms with Crippen LogP contribution in [0.5, 0.6) is 5.75 Å². The van der Waals surface area contributed by atoms with Crippen LogP contribution >= 0.6 is 0 Å². The van der Waals surface area contributed by atoms with E-state index in [1.54, 1.807) is 12.1 Å². The van der Waals surface area contributed by atoms with Crippen molar-refractivity contribution in [2.75, 3.05) is 6.54 Å². The van der Waals surface area contributed by atoms with Crippen LogP contribution in [0.25, 0.3) is 0 Å². The van der Waals surface area contributed by atoms with Crippen LogP contribution in [0.3, 0.4) is 0 Å². The molecule has 0 amide bonds. The number of benzene rings is 1. The molecule has 0 atom stereocenters. The Balaban J connectivity index is 2.43. The van der Waals surface area contributed by atoms with Gasteiger partial charge in [-0.2, -0.15) is 0 Å². The van der Waals surface area contributed by atoms with Crippen molar-refractivity contribution < 1.29 is 5.11 Å². The van der Waals surface area contributed by atoms with Crippen LogP contribution in [0, 0.1) is 12.3 Å². The van der Waals surface area contributed by atoms with E-state index in [0.717, 1.165) is 12.1 Å². The Kier molecular flexibility index (Phi) is 3.18. The van der Waals surface area contributed by atoms with E-state index < -0.39 is 0 Å². The average molecular weight is 161 g/mol. The number of hydrogen-bond donors (Lipinski definition) is 2. The number of nitrogens with one attached hydrogen (secondary N) is 1. The maximum atomic E-state index is 8.98. The molecule has 0 heterocycles. The third-order valence-electron chi connectivity index (χ3n) is 1.49. The molecule has 0 aromatic heterocycles. The number of phenols is 1. The van der Waals surface area contributed by atoms with E-state index in [0.29, 0.717) is 6.54 Å². The Bertz CT molecular complexity index is 271. The lowest BCUT2D eigenvalue weighted by atomic mass is 10.2. The van der Waals surface area contributed by atoms with Gasteiger partial charge in [-0.05, 0) is 17.7 Å². The summed E-state index contributed by atoms with van der Waals surface area (Å²) in [6, 6.07) is 7.04. The maximum Gasteiger partial charge on any atom is 0.115 e. The summed E-state index contributed by atoms with van der Waals surface area (Å²) in [6.45, 7) is 1.31. The highest BCUT2D eigenvalue weighted by Crippen LogP contribution is 2.08. The van der Waals surface area contributed by atoms with Gasteiger partial charge in [0.1, 0.15) is 5.75 Å². The van der Waals surface area contributed by atoms with Crippen LogP contribution in [-0.2, 0) is 6.54 Å². The van der Waals surface area contributed by atoms with Gasteiger partial charge in [-0.1, -0.05) is 18.1 Å². The van der Waals surface area contributed by atoms with Gasteiger partial charge in [0.15, 0.2) is 0 Å². The number of rotatable bonds is 3. The van der Waals surface area contributed by atoms with Crippen LogP contribution in [-0.4, -0.2) is 11.7 Å². The predicted molar refractivity (Wildman–Crippen MR) is 48.6 cm³/mol. The van der Waals surface area contributed by atoms with Gasteiger partial charge in [0.25, 0.3) is 0 Å². The van der Waals surface area contributed by atoms with Crippen LogP contribution < -0.4 is 5.32 Å². The van der Waals surface area contributed by atoms with E-state index in [9.17, 15) is 0 Å². The van der Waals surface area contributed by atoms with E-state index in [1.807, 2.05) is 12.1 Å². The highest BCUT2D eigenvalue weighted by atomic mass is 16.3. The minimum atomic E-state index is 0.288. The number of terminal acetylenes is 1. The normalized spacial score (nSPS) is 9.25. The van der Waals surface area contributed by atoms with Gasteiger partial charge < -0.3 is 10.4 Å². The maximum absolute atomic E-state index is 8.98. The lowest BCUT2D eigenvalue weighted by Gasteiger charge is -2.00. The van der Waals surface area contributed by atoms with Gasteiger partial charge in [0.05, 0.1) is 6.54 Å². The first-order valence-corrected chi connectivity index (χ1v) is 3.75. The zero-order chi connectivity index (χ0) is 8.81. The Hall–Kier alpha value is -1.46. The minimum absolute atomic E-state index is 0.288. The molecule has 0 aliphatic carbocycles. The molecular formula is C10H11NO. The van der Waals surface area contributed by atoms with E-state index in [2.05, 4.69) is 11.2 Å². The molecule has 1 rings (SSSR count). The van der Waals surface area contributed by atoms with Crippen molar-refractivity contribution in [1.82, 2.24) is 5.32 Å². The molecule has 2 N–H and O–H groups in total. The molecule has 62 valence electrons. The van der Waals surface area contributed by atoms with Crippen molar-refractivity contribution in [3.8, 4) is 18.1 Å². The Morgan fingerprint density at radius 1 is 1.33 bits per heavy atom. The summed E-state index contributed by atoms with van der Waals surface area (Å²) >= 11 is 0. The number of aromatic hydroxyl groups is 1. The first-order valence-electron chi connectivity index (χ1n) is 3.75. The second-order valence-electron chi connectivity index (χ2n) is 2.47. The number of hydrogen-bond acceptors (Lipinski definition) is 2. The van der Waals surface area contributed by atoms with Crippen LogP contribution in [0.4, 0.5) is 0 Å². The van der Waals surface area contributed by atoms with Gasteiger partial charge in [-0.3, -0.25) is 0 Å². The molecule has 0 aliphatic heterocycles. The highest BCUT2D eigenvalue weighted by Gasteiger charge is 1.90. The summed E-state index contributed by atoms with van der Waals surface area (Å²) in [7, 11) is 0. The Morgan fingerprint density at radius 2 is 2.00 bits per heavy atom. The zero-order valence-corrected chi connectivity index (χ0v) is 6.75. The molecule has 0 fully saturated rings. The fourth-order valence-electron chi connectivity index (χ4n) is 0.893. The predicted octanol–water partition coefficient (Wildman–Crippen LogP) is 1.11. The minimum Gasteiger partial charge on any atom is -0.508 e. The molecular weight excluding hydrogens is 150 g/mol. The zero-order valence-electron chi connectivity index (χ0n) is 6.75. The monoisotopic (exact) mass is 161 g/mol. The molecule has 12 heavy (non-hydrogen) atoms. The molecule has 0 radical (unpaired) electrons. The van der Waals surface area contributed by atoms with Crippen molar-refractivity contribution in [3.63, 3.8) is 0 Å². The van der Waals surface area contributed by atoms with Crippen LogP contribution in [0.2, 0.25) is 0 Å². The van der Waals surface area contributed by atoms with Gasteiger partial charge in [0.2, 0.25) is 0 Å². The first kappa shape index (κ1) is 8.63. The number of phenolic OH excluding ortho intramolecular Hbond substituents is 1. The van der Waals surface area contributed by atoms with Gasteiger partial charge >= 0.3 is 0 Å². The lowest BCUT2D eigenvalue weighted by Crippen LogP contribution is -2.12. The molecule has 0 aliphatic rings. The van der Waals surface area contributed by atoms with Crippen LogP contribution in [0.15, 0.2) is 24.3 Å². The van der Waals surface area contributed by atoms with Crippen molar-refractivity contribution in [3.05, 3.63) is 29.8 Å². The van der Waals surface area contributed by atoms with Gasteiger partial charge in [0, 0.05) is 6.54 Å². The Labute approximate surface area is 72.2 Å². The highest BCUT2D eigenvalue weighted by molar-refractivity contribution is 5.25. The fraction of sp³-hybridized carbons (Fsp3) is 0.200. The topological polar surface area (TPSA) is 32.3 Å². The van der Waals surface area contributed by atoms with Crippen molar-refractivity contribution >= 4 is 0 Å².